The Morgan fingerprint density at radius 2 is 2.46 bits per heavy atom. The lowest BCUT2D eigenvalue weighted by atomic mass is 9.72. The van der Waals surface area contributed by atoms with Crippen molar-refractivity contribution in [3.05, 3.63) is 23.7 Å². The Labute approximate surface area is 77.5 Å². The highest BCUT2D eigenvalue weighted by atomic mass is 16.3. The van der Waals surface area contributed by atoms with Crippen LogP contribution in [0, 0.1) is 5.92 Å². The Hall–Kier alpha value is -0.800. The number of aryl methyl sites for hydroxylation is 1. The number of rotatable bonds is 1. The van der Waals surface area contributed by atoms with E-state index in [-0.39, 0.29) is 6.61 Å². The van der Waals surface area contributed by atoms with Gasteiger partial charge >= 0.3 is 0 Å². The molecule has 0 aliphatic heterocycles. The van der Waals surface area contributed by atoms with Crippen molar-refractivity contribution in [2.45, 2.75) is 25.3 Å². The lowest BCUT2D eigenvalue weighted by molar-refractivity contribution is 0.133. The quantitative estimate of drug-likeness (QED) is 0.679. The molecule has 13 heavy (non-hydrogen) atoms. The number of hydrogen-bond donors (Lipinski definition) is 2. The third kappa shape index (κ3) is 1.11. The van der Waals surface area contributed by atoms with Gasteiger partial charge in [0.15, 0.2) is 0 Å². The second-order valence-electron chi connectivity index (χ2n) is 3.95. The zero-order valence-corrected chi connectivity index (χ0v) is 7.79. The monoisotopic (exact) mass is 181 g/mol. The van der Waals surface area contributed by atoms with Crippen LogP contribution in [0.4, 0.5) is 0 Å². The summed E-state index contributed by atoms with van der Waals surface area (Å²) in [5.74, 6) is 0.308. The van der Waals surface area contributed by atoms with Gasteiger partial charge in [-0.1, -0.05) is 6.92 Å². The first-order chi connectivity index (χ1) is 6.18. The number of aliphatic hydroxyl groups is 1. The average Bonchev–Trinajstić information content (AvgIpc) is 2.60. The Bertz CT molecular complexity index is 308. The van der Waals surface area contributed by atoms with Gasteiger partial charge in [-0.2, -0.15) is 0 Å². The van der Waals surface area contributed by atoms with Crippen LogP contribution >= 0.6 is 0 Å². The van der Waals surface area contributed by atoms with Crippen molar-refractivity contribution >= 4 is 0 Å². The van der Waals surface area contributed by atoms with E-state index in [1.54, 1.807) is 12.5 Å². The third-order valence-electron chi connectivity index (χ3n) is 3.23. The van der Waals surface area contributed by atoms with Crippen molar-refractivity contribution in [1.82, 2.24) is 0 Å². The van der Waals surface area contributed by atoms with E-state index in [1.165, 1.54) is 0 Å². The largest absolute Gasteiger partial charge is 0.472 e. The molecule has 3 N–H and O–H groups in total. The van der Waals surface area contributed by atoms with Crippen LogP contribution in [0.15, 0.2) is 16.9 Å². The summed E-state index contributed by atoms with van der Waals surface area (Å²) in [4.78, 5) is 0. The van der Waals surface area contributed by atoms with Gasteiger partial charge in [-0.3, -0.25) is 0 Å². The number of aliphatic hydroxyl groups excluding tert-OH is 1. The van der Waals surface area contributed by atoms with Crippen molar-refractivity contribution in [3.8, 4) is 0 Å². The molecule has 0 fully saturated rings. The van der Waals surface area contributed by atoms with Crippen LogP contribution in [-0.2, 0) is 12.0 Å². The first-order valence-electron chi connectivity index (χ1n) is 4.64. The van der Waals surface area contributed by atoms with Crippen LogP contribution in [0.3, 0.4) is 0 Å². The summed E-state index contributed by atoms with van der Waals surface area (Å²) in [5, 5.41) is 9.32. The molecule has 1 aliphatic carbocycles. The summed E-state index contributed by atoms with van der Waals surface area (Å²) in [6, 6.07) is 0. The van der Waals surface area contributed by atoms with Crippen molar-refractivity contribution in [3.63, 3.8) is 0 Å². The van der Waals surface area contributed by atoms with Crippen LogP contribution in [0.1, 0.15) is 24.5 Å². The standard InChI is InChI=1S/C10H15NO2/c1-7-2-3-8-4-13-5-9(8)10(7,11)6-12/h4-5,7,12H,2-3,6,11H2,1H3. The Kier molecular flexibility index (Phi) is 1.93. The normalized spacial score (nSPS) is 33.0. The minimum Gasteiger partial charge on any atom is -0.472 e. The van der Waals surface area contributed by atoms with E-state index < -0.39 is 5.54 Å². The molecule has 2 atom stereocenters. The van der Waals surface area contributed by atoms with Crippen LogP contribution in [0.25, 0.3) is 0 Å². The topological polar surface area (TPSA) is 59.4 Å². The highest BCUT2D eigenvalue weighted by Crippen LogP contribution is 2.37. The number of fused-ring (bicyclic) bond motifs is 1. The number of hydrogen-bond acceptors (Lipinski definition) is 3. The minimum absolute atomic E-state index is 0.0132. The molecule has 1 aromatic heterocycles. The molecular weight excluding hydrogens is 166 g/mol. The van der Waals surface area contributed by atoms with E-state index in [2.05, 4.69) is 6.92 Å². The van der Waals surface area contributed by atoms with Crippen LogP contribution < -0.4 is 5.73 Å². The Morgan fingerprint density at radius 3 is 3.15 bits per heavy atom. The van der Waals surface area contributed by atoms with E-state index in [1.807, 2.05) is 0 Å². The van der Waals surface area contributed by atoms with E-state index >= 15 is 0 Å². The first-order valence-corrected chi connectivity index (χ1v) is 4.64. The number of furan rings is 1. The summed E-state index contributed by atoms with van der Waals surface area (Å²) < 4.78 is 5.12. The van der Waals surface area contributed by atoms with Crippen molar-refractivity contribution < 1.29 is 9.52 Å². The smallest absolute Gasteiger partial charge is 0.0957 e. The summed E-state index contributed by atoms with van der Waals surface area (Å²) in [6.07, 6.45) is 5.43. The van der Waals surface area contributed by atoms with Gasteiger partial charge in [0, 0.05) is 5.56 Å². The minimum atomic E-state index is -0.597. The molecule has 0 bridgehead atoms. The average molecular weight is 181 g/mol. The van der Waals surface area contributed by atoms with Gasteiger partial charge in [0.05, 0.1) is 24.7 Å². The van der Waals surface area contributed by atoms with Crippen molar-refractivity contribution in [1.29, 1.82) is 0 Å². The van der Waals surface area contributed by atoms with Gasteiger partial charge in [-0.15, -0.1) is 0 Å². The predicted octanol–water partition coefficient (Wildman–Crippen LogP) is 1.01. The maximum Gasteiger partial charge on any atom is 0.0957 e. The molecular formula is C10H15NO2. The lowest BCUT2D eigenvalue weighted by Crippen LogP contribution is -2.48. The number of nitrogens with two attached hydrogens (primary N) is 1. The summed E-state index contributed by atoms with van der Waals surface area (Å²) in [6.45, 7) is 2.06. The Balaban J connectivity index is 2.47. The molecule has 1 aliphatic rings. The molecule has 2 rings (SSSR count). The summed E-state index contributed by atoms with van der Waals surface area (Å²) >= 11 is 0. The third-order valence-corrected chi connectivity index (χ3v) is 3.23. The fourth-order valence-corrected chi connectivity index (χ4v) is 2.06. The molecule has 3 nitrogen and oxygen atoms in total. The summed E-state index contributed by atoms with van der Waals surface area (Å²) in [5.41, 5.74) is 7.68. The van der Waals surface area contributed by atoms with Crippen LogP contribution in [0.5, 0.6) is 0 Å². The van der Waals surface area contributed by atoms with Crippen LogP contribution in [0.2, 0.25) is 0 Å². The van der Waals surface area contributed by atoms with Gasteiger partial charge in [0.1, 0.15) is 0 Å². The molecule has 1 aromatic rings. The molecule has 0 amide bonds. The summed E-state index contributed by atoms with van der Waals surface area (Å²) in [7, 11) is 0. The zero-order valence-electron chi connectivity index (χ0n) is 7.79. The highest BCUT2D eigenvalue weighted by Gasteiger charge is 2.39. The van der Waals surface area contributed by atoms with Gasteiger partial charge < -0.3 is 15.3 Å². The van der Waals surface area contributed by atoms with Gasteiger partial charge in [0.2, 0.25) is 0 Å². The van der Waals surface area contributed by atoms with E-state index in [4.69, 9.17) is 10.2 Å². The van der Waals surface area contributed by atoms with Gasteiger partial charge in [-0.25, -0.2) is 0 Å². The molecule has 72 valence electrons. The van der Waals surface area contributed by atoms with E-state index in [9.17, 15) is 5.11 Å². The predicted molar refractivity (Wildman–Crippen MR) is 49.1 cm³/mol. The molecule has 0 saturated carbocycles. The van der Waals surface area contributed by atoms with E-state index in [0.717, 1.165) is 24.0 Å². The maximum absolute atomic E-state index is 9.32. The lowest BCUT2D eigenvalue weighted by Gasteiger charge is -2.37. The second kappa shape index (κ2) is 2.86. The first kappa shape index (κ1) is 8.78. The molecule has 3 heteroatoms. The van der Waals surface area contributed by atoms with Crippen molar-refractivity contribution in [2.75, 3.05) is 6.61 Å². The van der Waals surface area contributed by atoms with Crippen molar-refractivity contribution in [2.24, 2.45) is 11.7 Å². The zero-order chi connectivity index (χ0) is 9.47. The fraction of sp³-hybridized carbons (Fsp3) is 0.600. The fourth-order valence-electron chi connectivity index (χ4n) is 2.06. The van der Waals surface area contributed by atoms with Crippen LogP contribution in [-0.4, -0.2) is 11.7 Å². The SMILES string of the molecule is CC1CCc2cocc2C1(N)CO. The second-order valence-corrected chi connectivity index (χ2v) is 3.95. The molecule has 0 spiro atoms. The van der Waals surface area contributed by atoms with E-state index in [0.29, 0.717) is 5.92 Å². The molecule has 2 unspecified atom stereocenters. The maximum atomic E-state index is 9.32. The molecule has 0 aromatic carbocycles. The molecule has 1 heterocycles. The van der Waals surface area contributed by atoms with Gasteiger partial charge in [-0.05, 0) is 24.3 Å². The van der Waals surface area contributed by atoms with Gasteiger partial charge in [0.25, 0.3) is 0 Å². The molecule has 0 radical (unpaired) electrons. The Morgan fingerprint density at radius 1 is 1.69 bits per heavy atom. The molecule has 0 saturated heterocycles. The highest BCUT2D eigenvalue weighted by molar-refractivity contribution is 5.32.